The van der Waals surface area contributed by atoms with Crippen LogP contribution >= 0.6 is 67.6 Å². The van der Waals surface area contributed by atoms with Crippen molar-refractivity contribution in [3.63, 3.8) is 0 Å². The summed E-state index contributed by atoms with van der Waals surface area (Å²) >= 11 is 10.4. The standard InChI is InChI=1S/C20H22O3S6/c1-13(2)21-19(24)28-26-17-9-5-15(6-10-17)23-16-7-11-18(12-8-16)27-29-20(25)22-14(3)4/h5-14H,1-4H3. The molecule has 0 saturated carbocycles. The van der Waals surface area contributed by atoms with Crippen molar-refractivity contribution in [2.75, 3.05) is 0 Å². The average Bonchev–Trinajstić information content (AvgIpc) is 2.66. The van der Waals surface area contributed by atoms with Crippen molar-refractivity contribution in [3.05, 3.63) is 48.5 Å². The molecule has 156 valence electrons. The normalized spacial score (nSPS) is 10.8. The second kappa shape index (κ2) is 13.0. The van der Waals surface area contributed by atoms with E-state index in [1.54, 1.807) is 21.6 Å². The topological polar surface area (TPSA) is 27.7 Å². The van der Waals surface area contributed by atoms with Crippen LogP contribution in [0, 0.1) is 0 Å². The van der Waals surface area contributed by atoms with E-state index in [0.29, 0.717) is 8.77 Å². The van der Waals surface area contributed by atoms with Gasteiger partial charge in [-0.1, -0.05) is 0 Å². The zero-order chi connectivity index (χ0) is 21.2. The Kier molecular flexibility index (Phi) is 11.0. The van der Waals surface area contributed by atoms with Crippen molar-refractivity contribution in [1.82, 2.24) is 0 Å². The van der Waals surface area contributed by atoms with Crippen LogP contribution in [-0.4, -0.2) is 21.0 Å². The van der Waals surface area contributed by atoms with Crippen LogP contribution in [0.4, 0.5) is 0 Å². The highest BCUT2D eigenvalue weighted by molar-refractivity contribution is 8.83. The maximum Gasteiger partial charge on any atom is 0.231 e. The van der Waals surface area contributed by atoms with Crippen LogP contribution in [0.25, 0.3) is 0 Å². The summed E-state index contributed by atoms with van der Waals surface area (Å²) in [6.45, 7) is 7.85. The molecule has 3 nitrogen and oxygen atoms in total. The third-order valence-corrected chi connectivity index (χ3v) is 8.41. The van der Waals surface area contributed by atoms with Crippen LogP contribution < -0.4 is 4.74 Å². The van der Waals surface area contributed by atoms with Gasteiger partial charge in [-0.15, -0.1) is 0 Å². The Morgan fingerprint density at radius 3 is 1.31 bits per heavy atom. The number of rotatable bonds is 8. The molecule has 0 spiro atoms. The molecule has 0 aliphatic heterocycles. The highest BCUT2D eigenvalue weighted by Crippen LogP contribution is 2.36. The third kappa shape index (κ3) is 10.3. The van der Waals surface area contributed by atoms with Gasteiger partial charge in [-0.05, 0) is 144 Å². The number of ether oxygens (including phenoxy) is 3. The van der Waals surface area contributed by atoms with Gasteiger partial charge in [-0.2, -0.15) is 0 Å². The Balaban J connectivity index is 1.81. The van der Waals surface area contributed by atoms with Crippen LogP contribution in [0.3, 0.4) is 0 Å². The summed E-state index contributed by atoms with van der Waals surface area (Å²) in [5.41, 5.74) is 0. The third-order valence-electron chi connectivity index (χ3n) is 2.96. The molecular weight excluding hydrogens is 481 g/mol. The van der Waals surface area contributed by atoms with Gasteiger partial charge in [0.15, 0.2) is 0 Å². The summed E-state index contributed by atoms with van der Waals surface area (Å²) in [4.78, 5) is 2.17. The first kappa shape index (κ1) is 24.7. The molecule has 0 aliphatic rings. The fourth-order valence-electron chi connectivity index (χ4n) is 1.85. The van der Waals surface area contributed by atoms with E-state index in [0.717, 1.165) is 21.3 Å². The SMILES string of the molecule is CC(C)OC(=S)SSc1ccc(Oc2ccc(SSC(=S)OC(C)C)cc2)cc1. The monoisotopic (exact) mass is 502 g/mol. The Hall–Kier alpha value is -0.580. The van der Waals surface area contributed by atoms with E-state index in [1.807, 2.05) is 76.2 Å². The molecule has 0 aromatic heterocycles. The average molecular weight is 503 g/mol. The van der Waals surface area contributed by atoms with E-state index in [2.05, 4.69) is 0 Å². The first-order chi connectivity index (χ1) is 13.8. The van der Waals surface area contributed by atoms with E-state index in [9.17, 15) is 0 Å². The molecular formula is C20H22O3S6. The Labute approximate surface area is 199 Å². The van der Waals surface area contributed by atoms with Crippen molar-refractivity contribution < 1.29 is 14.2 Å². The van der Waals surface area contributed by atoms with Crippen molar-refractivity contribution in [2.45, 2.75) is 49.7 Å². The van der Waals surface area contributed by atoms with Gasteiger partial charge in [0.1, 0.15) is 11.5 Å². The van der Waals surface area contributed by atoms with E-state index in [4.69, 9.17) is 38.6 Å². The maximum atomic E-state index is 5.91. The fourth-order valence-corrected chi connectivity index (χ4v) is 6.02. The molecule has 0 fully saturated rings. The highest BCUT2D eigenvalue weighted by atomic mass is 33.1. The van der Waals surface area contributed by atoms with Crippen LogP contribution in [-0.2, 0) is 9.47 Å². The molecule has 0 heterocycles. The van der Waals surface area contributed by atoms with Crippen molar-refractivity contribution >= 4 is 76.4 Å². The molecule has 0 N–H and O–H groups in total. The second-order valence-corrected chi connectivity index (χ2v) is 11.8. The summed E-state index contributed by atoms with van der Waals surface area (Å²) < 4.78 is 17.9. The Morgan fingerprint density at radius 1 is 0.655 bits per heavy atom. The summed E-state index contributed by atoms with van der Waals surface area (Å²) in [7, 11) is 6.02. The Morgan fingerprint density at radius 2 is 1.00 bits per heavy atom. The molecule has 2 rings (SSSR count). The van der Waals surface area contributed by atoms with Crippen molar-refractivity contribution in [2.24, 2.45) is 0 Å². The quantitative estimate of drug-likeness (QED) is 0.260. The molecule has 9 heteroatoms. The summed E-state index contributed by atoms with van der Waals surface area (Å²) in [5, 5.41) is 0. The lowest BCUT2D eigenvalue weighted by atomic mass is 10.3. The molecule has 29 heavy (non-hydrogen) atoms. The minimum atomic E-state index is 0.0970. The van der Waals surface area contributed by atoms with Crippen molar-refractivity contribution in [1.29, 1.82) is 0 Å². The minimum absolute atomic E-state index is 0.0970. The van der Waals surface area contributed by atoms with Gasteiger partial charge in [-0.25, -0.2) is 0 Å². The molecule has 0 saturated heterocycles. The largest absolute Gasteiger partial charge is 0.475 e. The van der Waals surface area contributed by atoms with Gasteiger partial charge in [0, 0.05) is 9.79 Å². The summed E-state index contributed by atoms with van der Waals surface area (Å²) in [6, 6.07) is 15.8. The highest BCUT2D eigenvalue weighted by Gasteiger charge is 2.06. The number of hydrogen-bond acceptors (Lipinski definition) is 9. The molecule has 0 atom stereocenters. The fraction of sp³-hybridized carbons (Fsp3) is 0.300. The molecule has 0 amide bonds. The van der Waals surface area contributed by atoms with Gasteiger partial charge in [0.2, 0.25) is 8.77 Å². The van der Waals surface area contributed by atoms with E-state index < -0.39 is 0 Å². The molecule has 2 aromatic carbocycles. The smallest absolute Gasteiger partial charge is 0.231 e. The molecule has 0 radical (unpaired) electrons. The predicted octanol–water partition coefficient (Wildman–Crippen LogP) is 8.38. The lowest BCUT2D eigenvalue weighted by molar-refractivity contribution is 0.243. The van der Waals surface area contributed by atoms with Gasteiger partial charge in [0.25, 0.3) is 0 Å². The molecule has 0 aliphatic carbocycles. The lowest BCUT2D eigenvalue weighted by Gasteiger charge is -2.10. The second-order valence-electron chi connectivity index (χ2n) is 6.21. The summed E-state index contributed by atoms with van der Waals surface area (Å²) in [6.07, 6.45) is 0.194. The van der Waals surface area contributed by atoms with Crippen LogP contribution in [0.1, 0.15) is 27.7 Å². The van der Waals surface area contributed by atoms with Gasteiger partial charge in [-0.3, -0.25) is 0 Å². The van der Waals surface area contributed by atoms with Gasteiger partial charge in [0.05, 0.1) is 12.2 Å². The van der Waals surface area contributed by atoms with E-state index >= 15 is 0 Å². The zero-order valence-corrected chi connectivity index (χ0v) is 21.3. The minimum Gasteiger partial charge on any atom is -0.475 e. The number of thiocarbonyl (C=S) groups is 2. The lowest BCUT2D eigenvalue weighted by Crippen LogP contribution is -2.04. The van der Waals surface area contributed by atoms with E-state index in [-0.39, 0.29) is 12.2 Å². The summed E-state index contributed by atoms with van der Waals surface area (Å²) in [5.74, 6) is 1.56. The first-order valence-electron chi connectivity index (χ1n) is 8.80. The maximum absolute atomic E-state index is 5.91. The first-order valence-corrected chi connectivity index (χ1v) is 13.9. The molecule has 2 aromatic rings. The predicted molar refractivity (Wildman–Crippen MR) is 137 cm³/mol. The molecule has 0 unspecified atom stereocenters. The molecule has 0 bridgehead atoms. The Bertz CT molecular complexity index is 723. The van der Waals surface area contributed by atoms with Gasteiger partial charge >= 0.3 is 0 Å². The van der Waals surface area contributed by atoms with E-state index in [1.165, 1.54) is 21.6 Å². The number of benzene rings is 2. The number of hydrogen-bond donors (Lipinski definition) is 0. The van der Waals surface area contributed by atoms with Gasteiger partial charge < -0.3 is 14.2 Å². The van der Waals surface area contributed by atoms with Crippen LogP contribution in [0.2, 0.25) is 0 Å². The zero-order valence-electron chi connectivity index (χ0n) is 16.4. The van der Waals surface area contributed by atoms with Crippen LogP contribution in [0.15, 0.2) is 58.3 Å². The van der Waals surface area contributed by atoms with Crippen LogP contribution in [0.5, 0.6) is 11.5 Å². The van der Waals surface area contributed by atoms with Crippen molar-refractivity contribution in [3.8, 4) is 11.5 Å².